The SMILES string of the molecule is CC1=Nc2c(c(C3CCCCC3)nn2C)C(c2ccccc2[N+](=O)[O-])C1C(=O)O. The van der Waals surface area contributed by atoms with Crippen molar-refractivity contribution >= 4 is 23.2 Å². The van der Waals surface area contributed by atoms with Gasteiger partial charge in [-0.2, -0.15) is 5.10 Å². The number of para-hydroxylation sites is 1. The first kappa shape index (κ1) is 19.3. The smallest absolute Gasteiger partial charge is 0.313 e. The number of aryl methyl sites for hydroxylation is 1. The first-order chi connectivity index (χ1) is 13.9. The molecule has 2 heterocycles. The van der Waals surface area contributed by atoms with Gasteiger partial charge in [0, 0.05) is 41.8 Å². The summed E-state index contributed by atoms with van der Waals surface area (Å²) in [6.07, 6.45) is 5.39. The maximum atomic E-state index is 12.3. The standard InChI is InChI=1S/C21H24N4O4/c1-12-16(21(26)27)17(14-10-6-7-11-15(14)25(28)29)18-19(13-8-4-3-5-9-13)23-24(2)20(18)22-12/h6-7,10-11,13,16-17H,3-5,8-9H2,1-2H3,(H,26,27). The number of aliphatic carboxylic acids is 1. The minimum Gasteiger partial charge on any atom is -0.481 e. The van der Waals surface area contributed by atoms with Crippen LogP contribution in [0.15, 0.2) is 29.3 Å². The predicted molar refractivity (Wildman–Crippen MR) is 108 cm³/mol. The van der Waals surface area contributed by atoms with E-state index in [1.807, 2.05) is 0 Å². The van der Waals surface area contributed by atoms with E-state index in [1.165, 1.54) is 12.5 Å². The summed E-state index contributed by atoms with van der Waals surface area (Å²) in [6.45, 7) is 1.68. The van der Waals surface area contributed by atoms with Crippen LogP contribution in [0, 0.1) is 16.0 Å². The number of carboxylic acid groups (broad SMARTS) is 1. The molecule has 0 bridgehead atoms. The molecule has 0 spiro atoms. The Morgan fingerprint density at radius 1 is 1.24 bits per heavy atom. The van der Waals surface area contributed by atoms with E-state index in [0.29, 0.717) is 17.1 Å². The van der Waals surface area contributed by atoms with Crippen LogP contribution < -0.4 is 0 Å². The van der Waals surface area contributed by atoms with Gasteiger partial charge >= 0.3 is 5.97 Å². The second kappa shape index (κ2) is 7.42. The molecule has 8 heteroatoms. The van der Waals surface area contributed by atoms with Crippen molar-refractivity contribution in [2.24, 2.45) is 18.0 Å². The Labute approximate surface area is 168 Å². The second-order valence-electron chi connectivity index (χ2n) is 7.94. The second-order valence-corrected chi connectivity index (χ2v) is 7.94. The highest BCUT2D eigenvalue weighted by Gasteiger charge is 2.44. The predicted octanol–water partition coefficient (Wildman–Crippen LogP) is 4.31. The minimum atomic E-state index is -1.03. The van der Waals surface area contributed by atoms with Gasteiger partial charge in [0.1, 0.15) is 5.92 Å². The number of rotatable bonds is 4. The summed E-state index contributed by atoms with van der Waals surface area (Å²) >= 11 is 0. The molecule has 2 atom stereocenters. The number of nitrogens with zero attached hydrogens (tertiary/aromatic N) is 4. The van der Waals surface area contributed by atoms with E-state index in [1.54, 1.807) is 36.9 Å². The molecule has 1 fully saturated rings. The molecule has 0 amide bonds. The van der Waals surface area contributed by atoms with Crippen LogP contribution in [0.3, 0.4) is 0 Å². The van der Waals surface area contributed by atoms with Crippen LogP contribution in [0.1, 0.15) is 67.7 Å². The Hall–Kier alpha value is -3.03. The third-order valence-electron chi connectivity index (χ3n) is 6.18. The van der Waals surface area contributed by atoms with Gasteiger partial charge in [0.15, 0.2) is 5.82 Å². The average molecular weight is 396 g/mol. The van der Waals surface area contributed by atoms with Crippen LogP contribution in [0.2, 0.25) is 0 Å². The molecule has 0 saturated heterocycles. The van der Waals surface area contributed by atoms with Gasteiger partial charge in [-0.15, -0.1) is 0 Å². The normalized spacial score (nSPS) is 22.1. The number of benzene rings is 1. The summed E-state index contributed by atoms with van der Waals surface area (Å²) in [7, 11) is 1.81. The molecule has 0 radical (unpaired) electrons. The molecular formula is C21H24N4O4. The van der Waals surface area contributed by atoms with E-state index in [9.17, 15) is 20.0 Å². The monoisotopic (exact) mass is 396 g/mol. The molecule has 2 aliphatic rings. The third kappa shape index (κ3) is 3.22. The van der Waals surface area contributed by atoms with Gasteiger partial charge in [-0.25, -0.2) is 4.99 Å². The van der Waals surface area contributed by atoms with E-state index in [-0.39, 0.29) is 11.6 Å². The number of nitro groups is 1. The fourth-order valence-electron chi connectivity index (χ4n) is 4.88. The summed E-state index contributed by atoms with van der Waals surface area (Å²) < 4.78 is 1.70. The average Bonchev–Trinajstić information content (AvgIpc) is 3.03. The molecule has 1 aromatic carbocycles. The van der Waals surface area contributed by atoms with Crippen molar-refractivity contribution in [3.05, 3.63) is 51.2 Å². The Morgan fingerprint density at radius 2 is 1.93 bits per heavy atom. The van der Waals surface area contributed by atoms with Gasteiger partial charge in [0.25, 0.3) is 5.69 Å². The highest BCUT2D eigenvalue weighted by atomic mass is 16.6. The van der Waals surface area contributed by atoms with Gasteiger partial charge in [-0.05, 0) is 19.8 Å². The molecule has 1 N–H and O–H groups in total. The van der Waals surface area contributed by atoms with E-state index in [2.05, 4.69) is 4.99 Å². The summed E-state index contributed by atoms with van der Waals surface area (Å²) in [5.74, 6) is -1.84. The number of aliphatic imine (C=N–C) groups is 1. The molecule has 4 rings (SSSR count). The number of carbonyl (C=O) groups is 1. The van der Waals surface area contributed by atoms with Crippen LogP contribution in [-0.4, -0.2) is 31.5 Å². The van der Waals surface area contributed by atoms with Crippen LogP contribution in [0.25, 0.3) is 0 Å². The number of nitro benzene ring substituents is 1. The third-order valence-corrected chi connectivity index (χ3v) is 6.18. The Bertz CT molecular complexity index is 1000. The van der Waals surface area contributed by atoms with Crippen LogP contribution in [0.5, 0.6) is 0 Å². The zero-order chi connectivity index (χ0) is 20.7. The quantitative estimate of drug-likeness (QED) is 0.611. The van der Waals surface area contributed by atoms with Gasteiger partial charge < -0.3 is 5.11 Å². The summed E-state index contributed by atoms with van der Waals surface area (Å²) in [4.78, 5) is 28.1. The van der Waals surface area contributed by atoms with Crippen LogP contribution >= 0.6 is 0 Å². The van der Waals surface area contributed by atoms with Crippen molar-refractivity contribution in [1.82, 2.24) is 9.78 Å². The van der Waals surface area contributed by atoms with Gasteiger partial charge in [-0.3, -0.25) is 19.6 Å². The molecule has 29 heavy (non-hydrogen) atoms. The lowest BCUT2D eigenvalue weighted by Crippen LogP contribution is -2.32. The molecule has 1 aliphatic carbocycles. The first-order valence-electron chi connectivity index (χ1n) is 9.98. The van der Waals surface area contributed by atoms with Crippen molar-refractivity contribution in [1.29, 1.82) is 0 Å². The van der Waals surface area contributed by atoms with Crippen molar-refractivity contribution in [2.45, 2.75) is 50.9 Å². The lowest BCUT2D eigenvalue weighted by molar-refractivity contribution is -0.385. The van der Waals surface area contributed by atoms with Crippen molar-refractivity contribution in [3.63, 3.8) is 0 Å². The number of fused-ring (bicyclic) bond motifs is 1. The Kier molecular flexibility index (Phi) is 4.94. The number of carboxylic acids is 1. The topological polar surface area (TPSA) is 111 Å². The number of hydrogen-bond donors (Lipinski definition) is 1. The maximum absolute atomic E-state index is 12.3. The lowest BCUT2D eigenvalue weighted by atomic mass is 9.73. The summed E-state index contributed by atoms with van der Waals surface area (Å²) in [5, 5.41) is 26.5. The number of aromatic nitrogens is 2. The minimum absolute atomic E-state index is 0.0668. The van der Waals surface area contributed by atoms with E-state index < -0.39 is 22.7 Å². The largest absolute Gasteiger partial charge is 0.481 e. The zero-order valence-corrected chi connectivity index (χ0v) is 16.5. The van der Waals surface area contributed by atoms with Crippen molar-refractivity contribution in [3.8, 4) is 0 Å². The molecule has 152 valence electrons. The van der Waals surface area contributed by atoms with Crippen LogP contribution in [0.4, 0.5) is 11.5 Å². The summed E-state index contributed by atoms with van der Waals surface area (Å²) in [5.41, 5.74) is 2.37. The molecule has 1 aliphatic heterocycles. The highest BCUT2D eigenvalue weighted by molar-refractivity contribution is 6.04. The van der Waals surface area contributed by atoms with Gasteiger partial charge in [0.05, 0.1) is 10.6 Å². The molecular weight excluding hydrogens is 372 g/mol. The van der Waals surface area contributed by atoms with E-state index in [0.717, 1.165) is 36.9 Å². The molecule has 2 aromatic rings. The molecule has 1 saturated carbocycles. The fourth-order valence-corrected chi connectivity index (χ4v) is 4.88. The summed E-state index contributed by atoms with van der Waals surface area (Å²) in [6, 6.07) is 6.43. The van der Waals surface area contributed by atoms with E-state index >= 15 is 0 Å². The Balaban J connectivity index is 1.98. The molecule has 1 aromatic heterocycles. The van der Waals surface area contributed by atoms with Crippen molar-refractivity contribution < 1.29 is 14.8 Å². The zero-order valence-electron chi connectivity index (χ0n) is 16.5. The number of hydrogen-bond acceptors (Lipinski definition) is 5. The van der Waals surface area contributed by atoms with Crippen LogP contribution in [-0.2, 0) is 11.8 Å². The molecule has 8 nitrogen and oxygen atoms in total. The Morgan fingerprint density at radius 3 is 2.59 bits per heavy atom. The van der Waals surface area contributed by atoms with Crippen molar-refractivity contribution in [2.75, 3.05) is 0 Å². The highest BCUT2D eigenvalue weighted by Crippen LogP contribution is 2.49. The van der Waals surface area contributed by atoms with Gasteiger partial charge in [-0.1, -0.05) is 37.5 Å². The molecule has 2 unspecified atom stereocenters. The fraction of sp³-hybridized carbons (Fsp3) is 0.476. The maximum Gasteiger partial charge on any atom is 0.313 e. The first-order valence-corrected chi connectivity index (χ1v) is 9.98. The van der Waals surface area contributed by atoms with Gasteiger partial charge in [0.2, 0.25) is 0 Å². The lowest BCUT2D eigenvalue weighted by Gasteiger charge is -2.30. The van der Waals surface area contributed by atoms with E-state index in [4.69, 9.17) is 5.10 Å².